The molecule has 7 heteroatoms. The van der Waals surface area contributed by atoms with Crippen LogP contribution in [0.1, 0.15) is 15.9 Å². The quantitative estimate of drug-likeness (QED) is 0.545. The molecule has 3 rings (SSSR count). The molecule has 4 N–H and O–H groups in total. The first kappa shape index (κ1) is 16.9. The molecule has 25 heavy (non-hydrogen) atoms. The first-order chi connectivity index (χ1) is 12.0. The Morgan fingerprint density at radius 2 is 2.04 bits per heavy atom. The average Bonchev–Trinajstić information content (AvgIpc) is 2.98. The van der Waals surface area contributed by atoms with E-state index in [-0.39, 0.29) is 23.3 Å². The molecule has 0 amide bonds. The average molecular weight is 341 g/mol. The third kappa shape index (κ3) is 3.62. The highest BCUT2D eigenvalue weighted by molar-refractivity contribution is 5.90. The van der Waals surface area contributed by atoms with Crippen LogP contribution in [-0.2, 0) is 6.54 Å². The second kappa shape index (κ2) is 6.92. The van der Waals surface area contributed by atoms with E-state index in [1.165, 1.54) is 12.3 Å². The number of hydrogen-bond donors (Lipinski definition) is 4. The van der Waals surface area contributed by atoms with Gasteiger partial charge in [-0.15, -0.1) is 0 Å². The normalized spacial score (nSPS) is 11.3. The number of pyridine rings is 1. The van der Waals surface area contributed by atoms with Crippen molar-refractivity contribution >= 4 is 16.9 Å². The van der Waals surface area contributed by atoms with Gasteiger partial charge in [-0.1, -0.05) is 6.07 Å². The van der Waals surface area contributed by atoms with Crippen molar-refractivity contribution in [2.45, 2.75) is 6.54 Å². The third-order valence-corrected chi connectivity index (χ3v) is 4.06. The van der Waals surface area contributed by atoms with Gasteiger partial charge in [0.1, 0.15) is 0 Å². The summed E-state index contributed by atoms with van der Waals surface area (Å²) in [6, 6.07) is 9.12. The lowest BCUT2D eigenvalue weighted by Gasteiger charge is -2.14. The van der Waals surface area contributed by atoms with E-state index in [0.29, 0.717) is 18.8 Å². The molecule has 0 fully saturated rings. The first-order valence-electron chi connectivity index (χ1n) is 7.85. The minimum absolute atomic E-state index is 0.0274. The molecule has 0 radical (unpaired) electrons. The van der Waals surface area contributed by atoms with Crippen LogP contribution < -0.4 is 5.56 Å². The lowest BCUT2D eigenvalue weighted by Crippen LogP contribution is -2.21. The number of rotatable bonds is 6. The van der Waals surface area contributed by atoms with Gasteiger partial charge < -0.3 is 20.2 Å². The number of H-pyrrole nitrogens is 2. The second-order valence-electron chi connectivity index (χ2n) is 6.00. The minimum atomic E-state index is -1.09. The van der Waals surface area contributed by atoms with Gasteiger partial charge >= 0.3 is 5.97 Å². The maximum atomic E-state index is 12.1. The fraction of sp³-hybridized carbons (Fsp3) is 0.222. The minimum Gasteiger partial charge on any atom is -0.478 e. The van der Waals surface area contributed by atoms with Crippen molar-refractivity contribution in [2.75, 3.05) is 20.2 Å². The summed E-state index contributed by atoms with van der Waals surface area (Å²) >= 11 is 0. The van der Waals surface area contributed by atoms with E-state index in [0.717, 1.165) is 16.5 Å². The van der Waals surface area contributed by atoms with E-state index in [9.17, 15) is 9.59 Å². The number of nitrogens with one attached hydrogen (secondary N) is 2. The van der Waals surface area contributed by atoms with Gasteiger partial charge in [0.25, 0.3) is 5.56 Å². The molecule has 130 valence electrons. The Kier molecular flexibility index (Phi) is 4.69. The summed E-state index contributed by atoms with van der Waals surface area (Å²) in [6.45, 7) is 1.40. The molecule has 0 unspecified atom stereocenters. The number of aliphatic hydroxyl groups is 1. The zero-order valence-electron chi connectivity index (χ0n) is 13.7. The van der Waals surface area contributed by atoms with E-state index in [2.05, 4.69) is 9.97 Å². The van der Waals surface area contributed by atoms with Crippen molar-refractivity contribution < 1.29 is 15.0 Å². The van der Waals surface area contributed by atoms with Crippen molar-refractivity contribution in [2.24, 2.45) is 0 Å². The standard InChI is InChI=1S/C18H19N3O4/c1-21(4-5-22)10-11-2-3-15-12(6-11)8-16(20-15)14-7-13(18(24)25)9-19-17(14)23/h2-3,6-9,20,22H,4-5,10H2,1H3,(H,19,23)(H,24,25). The van der Waals surface area contributed by atoms with Gasteiger partial charge in [-0.05, 0) is 36.9 Å². The molecular weight excluding hydrogens is 322 g/mol. The number of carboxylic acids is 1. The molecule has 0 saturated heterocycles. The van der Waals surface area contributed by atoms with E-state index < -0.39 is 5.97 Å². The number of aromatic nitrogens is 2. The molecule has 0 aliphatic carbocycles. The lowest BCUT2D eigenvalue weighted by molar-refractivity contribution is 0.0696. The summed E-state index contributed by atoms with van der Waals surface area (Å²) in [5, 5.41) is 19.0. The Balaban J connectivity index is 1.98. The van der Waals surface area contributed by atoms with Crippen LogP contribution in [0.25, 0.3) is 22.2 Å². The third-order valence-electron chi connectivity index (χ3n) is 4.06. The fourth-order valence-corrected chi connectivity index (χ4v) is 2.79. The molecule has 0 atom stereocenters. The summed E-state index contributed by atoms with van der Waals surface area (Å²) < 4.78 is 0. The molecule has 0 spiro atoms. The van der Waals surface area contributed by atoms with Crippen LogP contribution in [-0.4, -0.2) is 51.2 Å². The molecule has 0 aliphatic heterocycles. The molecule has 0 aliphatic rings. The van der Waals surface area contributed by atoms with Gasteiger partial charge in [0.2, 0.25) is 0 Å². The van der Waals surface area contributed by atoms with Crippen LogP contribution in [0.3, 0.4) is 0 Å². The molecule has 2 heterocycles. The molecule has 0 saturated carbocycles. The number of carbonyl (C=O) groups is 1. The number of likely N-dealkylation sites (N-methyl/N-ethyl adjacent to an activating group) is 1. The van der Waals surface area contributed by atoms with E-state index in [1.54, 1.807) is 0 Å². The molecule has 7 nitrogen and oxygen atoms in total. The van der Waals surface area contributed by atoms with E-state index >= 15 is 0 Å². The Bertz CT molecular complexity index is 974. The van der Waals surface area contributed by atoms with Gasteiger partial charge in [-0.25, -0.2) is 4.79 Å². The highest BCUT2D eigenvalue weighted by Gasteiger charge is 2.12. The molecule has 2 aromatic heterocycles. The highest BCUT2D eigenvalue weighted by atomic mass is 16.4. The van der Waals surface area contributed by atoms with Crippen LogP contribution in [0, 0.1) is 0 Å². The SMILES string of the molecule is CN(CCO)Cc1ccc2[nH]c(-c3cc(C(=O)O)c[nH]c3=O)cc2c1. The van der Waals surface area contributed by atoms with Crippen molar-refractivity contribution in [3.8, 4) is 11.3 Å². The van der Waals surface area contributed by atoms with E-state index in [1.807, 2.05) is 36.2 Å². The topological polar surface area (TPSA) is 109 Å². The lowest BCUT2D eigenvalue weighted by atomic mass is 10.1. The number of aliphatic hydroxyl groups excluding tert-OH is 1. The summed E-state index contributed by atoms with van der Waals surface area (Å²) in [5.74, 6) is -1.09. The number of aromatic carboxylic acids is 1. The van der Waals surface area contributed by atoms with Gasteiger partial charge in [-0.2, -0.15) is 0 Å². The Morgan fingerprint density at radius 1 is 1.24 bits per heavy atom. The smallest absolute Gasteiger partial charge is 0.337 e. The molecule has 3 aromatic rings. The highest BCUT2D eigenvalue weighted by Crippen LogP contribution is 2.24. The Labute approximate surface area is 143 Å². The molecule has 0 bridgehead atoms. The Morgan fingerprint density at radius 3 is 2.76 bits per heavy atom. The maximum absolute atomic E-state index is 12.1. The van der Waals surface area contributed by atoms with Crippen molar-refractivity contribution in [1.82, 2.24) is 14.9 Å². The van der Waals surface area contributed by atoms with Crippen LogP contribution >= 0.6 is 0 Å². The number of carboxylic acid groups (broad SMARTS) is 1. The number of hydrogen-bond acceptors (Lipinski definition) is 4. The maximum Gasteiger partial charge on any atom is 0.337 e. The van der Waals surface area contributed by atoms with Gasteiger partial charge in [-0.3, -0.25) is 9.69 Å². The predicted octanol–water partition coefficient (Wildman–Crippen LogP) is 1.65. The number of fused-ring (bicyclic) bond motifs is 1. The first-order valence-corrected chi connectivity index (χ1v) is 7.85. The van der Waals surface area contributed by atoms with Crippen LogP contribution in [0.5, 0.6) is 0 Å². The zero-order valence-corrected chi connectivity index (χ0v) is 13.7. The second-order valence-corrected chi connectivity index (χ2v) is 6.00. The molecular formula is C18H19N3O4. The molecule has 1 aromatic carbocycles. The zero-order chi connectivity index (χ0) is 18.0. The number of aromatic amines is 2. The van der Waals surface area contributed by atoms with Gasteiger partial charge in [0, 0.05) is 30.2 Å². The summed E-state index contributed by atoms with van der Waals surface area (Å²) in [5.41, 5.74) is 2.49. The summed E-state index contributed by atoms with van der Waals surface area (Å²) in [6.07, 6.45) is 1.19. The monoisotopic (exact) mass is 341 g/mol. The van der Waals surface area contributed by atoms with Crippen LogP contribution in [0.4, 0.5) is 0 Å². The van der Waals surface area contributed by atoms with E-state index in [4.69, 9.17) is 10.2 Å². The van der Waals surface area contributed by atoms with Crippen LogP contribution in [0.2, 0.25) is 0 Å². The Hall–Kier alpha value is -2.90. The van der Waals surface area contributed by atoms with Crippen molar-refractivity contribution in [1.29, 1.82) is 0 Å². The van der Waals surface area contributed by atoms with Crippen LogP contribution in [0.15, 0.2) is 41.3 Å². The van der Waals surface area contributed by atoms with Crippen molar-refractivity contribution in [3.05, 3.63) is 58.0 Å². The summed E-state index contributed by atoms with van der Waals surface area (Å²) in [4.78, 5) is 30.8. The fourth-order valence-electron chi connectivity index (χ4n) is 2.79. The summed E-state index contributed by atoms with van der Waals surface area (Å²) in [7, 11) is 1.93. The van der Waals surface area contributed by atoms with Gasteiger partial charge in [0.05, 0.1) is 23.4 Å². The number of benzene rings is 1. The van der Waals surface area contributed by atoms with Gasteiger partial charge in [0.15, 0.2) is 0 Å². The largest absolute Gasteiger partial charge is 0.478 e. The number of nitrogens with zero attached hydrogens (tertiary/aromatic N) is 1. The van der Waals surface area contributed by atoms with Crippen molar-refractivity contribution in [3.63, 3.8) is 0 Å². The predicted molar refractivity (Wildman–Crippen MR) is 94.7 cm³/mol.